The van der Waals surface area contributed by atoms with Gasteiger partial charge in [0.2, 0.25) is 15.7 Å². The van der Waals surface area contributed by atoms with Crippen LogP contribution in [0.4, 0.5) is 15.8 Å². The van der Waals surface area contributed by atoms with Crippen LogP contribution in [0.2, 0.25) is 0 Å². The third-order valence-corrected chi connectivity index (χ3v) is 6.51. The minimum atomic E-state index is -3.84. The number of sulfonamides is 1. The van der Waals surface area contributed by atoms with E-state index in [0.29, 0.717) is 19.4 Å². The van der Waals surface area contributed by atoms with Crippen molar-refractivity contribution in [1.29, 1.82) is 0 Å². The summed E-state index contributed by atoms with van der Waals surface area (Å²) in [6, 6.07) is 8.71. The molecule has 1 atom stereocenters. The van der Waals surface area contributed by atoms with E-state index in [-0.39, 0.29) is 28.4 Å². The number of hydrogen-bond acceptors (Lipinski definition) is 4. The van der Waals surface area contributed by atoms with Crippen molar-refractivity contribution in [3.8, 4) is 0 Å². The van der Waals surface area contributed by atoms with Gasteiger partial charge in [0.25, 0.3) is 5.91 Å². The minimum Gasteiger partial charge on any atom is -0.395 e. The van der Waals surface area contributed by atoms with Crippen molar-refractivity contribution in [3.63, 3.8) is 0 Å². The van der Waals surface area contributed by atoms with Crippen molar-refractivity contribution in [2.24, 2.45) is 0 Å². The van der Waals surface area contributed by atoms with Crippen LogP contribution in [0, 0.1) is 12.4 Å². The van der Waals surface area contributed by atoms with Crippen molar-refractivity contribution < 1.29 is 22.7 Å². The van der Waals surface area contributed by atoms with Crippen LogP contribution in [-0.2, 0) is 10.0 Å². The van der Waals surface area contributed by atoms with E-state index < -0.39 is 27.8 Å². The van der Waals surface area contributed by atoms with Crippen molar-refractivity contribution in [3.05, 3.63) is 65.3 Å². The number of benzene rings is 2. The SMILES string of the molecule is [C-]#[N+]c1cc(NC(=O)c2cccc(S(=O)(=O)N3CCCC3CO)c2)ccc1F. The predicted octanol–water partition coefficient (Wildman–Crippen LogP) is 2.77. The molecule has 3 rings (SSSR count). The Balaban J connectivity index is 1.85. The lowest BCUT2D eigenvalue weighted by molar-refractivity contribution is 0.102. The number of aliphatic hydroxyl groups is 1. The standard InChI is InChI=1S/C19H18FN3O4S/c1-21-18-11-14(7-8-17(18)20)22-19(25)13-4-2-6-16(10-13)28(26,27)23-9-3-5-15(23)12-24/h2,4,6-8,10-11,15,24H,3,5,9,12H2,(H,22,25). The first-order valence-electron chi connectivity index (χ1n) is 8.58. The monoisotopic (exact) mass is 403 g/mol. The molecule has 9 heteroatoms. The Kier molecular flexibility index (Phi) is 5.74. The van der Waals surface area contributed by atoms with E-state index in [1.54, 1.807) is 0 Å². The van der Waals surface area contributed by atoms with Gasteiger partial charge in [0.05, 0.1) is 18.1 Å². The summed E-state index contributed by atoms with van der Waals surface area (Å²) in [5.41, 5.74) is 0.110. The van der Waals surface area contributed by atoms with E-state index in [0.717, 1.165) is 6.07 Å². The molecule has 0 spiro atoms. The maximum absolute atomic E-state index is 13.4. The summed E-state index contributed by atoms with van der Waals surface area (Å²) in [4.78, 5) is 15.5. The second-order valence-corrected chi connectivity index (χ2v) is 8.24. The topological polar surface area (TPSA) is 91.1 Å². The predicted molar refractivity (Wildman–Crippen MR) is 101 cm³/mol. The Hall–Kier alpha value is -2.80. The molecule has 2 aromatic rings. The highest BCUT2D eigenvalue weighted by atomic mass is 32.2. The van der Waals surface area contributed by atoms with E-state index >= 15 is 0 Å². The van der Waals surface area contributed by atoms with Gasteiger partial charge in [-0.15, -0.1) is 0 Å². The lowest BCUT2D eigenvalue weighted by Crippen LogP contribution is -2.37. The lowest BCUT2D eigenvalue weighted by atomic mass is 10.2. The van der Waals surface area contributed by atoms with E-state index in [1.165, 1.54) is 40.7 Å². The number of aliphatic hydroxyl groups excluding tert-OH is 1. The zero-order valence-corrected chi connectivity index (χ0v) is 15.6. The highest BCUT2D eigenvalue weighted by Crippen LogP contribution is 2.27. The molecule has 1 aliphatic rings. The van der Waals surface area contributed by atoms with Crippen LogP contribution >= 0.6 is 0 Å². The number of anilines is 1. The molecule has 1 heterocycles. The molecule has 0 radical (unpaired) electrons. The Labute approximate surface area is 162 Å². The molecule has 1 amide bonds. The second-order valence-electron chi connectivity index (χ2n) is 6.35. The summed E-state index contributed by atoms with van der Waals surface area (Å²) in [5.74, 6) is -1.27. The molecule has 1 fully saturated rings. The molecular formula is C19H18FN3O4S. The molecule has 28 heavy (non-hydrogen) atoms. The fourth-order valence-electron chi connectivity index (χ4n) is 3.12. The largest absolute Gasteiger partial charge is 0.395 e. The molecule has 1 unspecified atom stereocenters. The molecule has 1 aliphatic heterocycles. The van der Waals surface area contributed by atoms with Gasteiger partial charge < -0.3 is 10.4 Å². The van der Waals surface area contributed by atoms with Gasteiger partial charge in [-0.1, -0.05) is 6.07 Å². The Morgan fingerprint density at radius 2 is 2.11 bits per heavy atom. The van der Waals surface area contributed by atoms with E-state index in [4.69, 9.17) is 6.57 Å². The first-order chi connectivity index (χ1) is 13.4. The van der Waals surface area contributed by atoms with E-state index in [1.807, 2.05) is 0 Å². The highest BCUT2D eigenvalue weighted by molar-refractivity contribution is 7.89. The number of hydrogen-bond donors (Lipinski definition) is 2. The zero-order valence-electron chi connectivity index (χ0n) is 14.8. The summed E-state index contributed by atoms with van der Waals surface area (Å²) >= 11 is 0. The number of carbonyl (C=O) groups excluding carboxylic acids is 1. The van der Waals surface area contributed by atoms with Crippen LogP contribution in [-0.4, -0.2) is 42.9 Å². The van der Waals surface area contributed by atoms with Crippen molar-refractivity contribution in [2.75, 3.05) is 18.5 Å². The summed E-state index contributed by atoms with van der Waals surface area (Å²) in [7, 11) is -3.84. The number of halogens is 1. The average molecular weight is 403 g/mol. The second kappa shape index (κ2) is 8.06. The van der Waals surface area contributed by atoms with Crippen molar-refractivity contribution in [2.45, 2.75) is 23.8 Å². The number of amides is 1. The Bertz CT molecular complexity index is 1050. The fraction of sp³-hybridized carbons (Fsp3) is 0.263. The van der Waals surface area contributed by atoms with Crippen molar-refractivity contribution in [1.82, 2.24) is 4.31 Å². The smallest absolute Gasteiger partial charge is 0.255 e. The first kappa shape index (κ1) is 19.9. The van der Waals surface area contributed by atoms with Crippen molar-refractivity contribution >= 4 is 27.3 Å². The molecular weight excluding hydrogens is 385 g/mol. The highest BCUT2D eigenvalue weighted by Gasteiger charge is 2.35. The van der Waals surface area contributed by atoms with Gasteiger partial charge in [0, 0.05) is 23.8 Å². The summed E-state index contributed by atoms with van der Waals surface area (Å²) in [5, 5.41) is 11.9. The summed E-state index contributed by atoms with van der Waals surface area (Å²) in [6.07, 6.45) is 1.25. The third-order valence-electron chi connectivity index (χ3n) is 4.56. The van der Waals surface area contributed by atoms with Gasteiger partial charge in [0.15, 0.2) is 0 Å². The van der Waals surface area contributed by atoms with Gasteiger partial charge in [-0.25, -0.2) is 17.7 Å². The Morgan fingerprint density at radius 3 is 2.82 bits per heavy atom. The molecule has 0 saturated carbocycles. The van der Waals surface area contributed by atoms with Gasteiger partial charge in [-0.3, -0.25) is 4.79 Å². The quantitative estimate of drug-likeness (QED) is 0.751. The molecule has 146 valence electrons. The number of rotatable bonds is 5. The van der Waals surface area contributed by atoms with Gasteiger partial charge in [-0.05, 0) is 49.2 Å². The van der Waals surface area contributed by atoms with Crippen LogP contribution in [0.25, 0.3) is 4.85 Å². The van der Waals surface area contributed by atoms with Gasteiger partial charge >= 0.3 is 0 Å². The summed E-state index contributed by atoms with van der Waals surface area (Å²) in [6.45, 7) is 6.98. The zero-order chi connectivity index (χ0) is 20.3. The molecule has 1 saturated heterocycles. The maximum atomic E-state index is 13.4. The molecule has 2 aromatic carbocycles. The van der Waals surface area contributed by atoms with E-state index in [2.05, 4.69) is 10.2 Å². The molecule has 0 aliphatic carbocycles. The molecule has 7 nitrogen and oxygen atoms in total. The lowest BCUT2D eigenvalue weighted by Gasteiger charge is -2.22. The molecule has 0 bridgehead atoms. The maximum Gasteiger partial charge on any atom is 0.255 e. The minimum absolute atomic E-state index is 0.0403. The summed E-state index contributed by atoms with van der Waals surface area (Å²) < 4.78 is 40.4. The van der Waals surface area contributed by atoms with Crippen LogP contribution in [0.15, 0.2) is 47.4 Å². The van der Waals surface area contributed by atoms with Crippen LogP contribution in [0.3, 0.4) is 0 Å². The Morgan fingerprint density at radius 1 is 1.32 bits per heavy atom. The fourth-order valence-corrected chi connectivity index (χ4v) is 4.85. The normalized spacial score (nSPS) is 17.2. The molecule has 0 aromatic heterocycles. The first-order valence-corrected chi connectivity index (χ1v) is 10.0. The van der Waals surface area contributed by atoms with Gasteiger partial charge in [-0.2, -0.15) is 4.31 Å². The number of nitrogens with one attached hydrogen (secondary N) is 1. The van der Waals surface area contributed by atoms with Gasteiger partial charge in [0.1, 0.15) is 5.82 Å². The third kappa shape index (κ3) is 3.89. The molecule has 2 N–H and O–H groups in total. The number of carbonyl (C=O) groups is 1. The number of nitrogens with zero attached hydrogens (tertiary/aromatic N) is 2. The van der Waals surface area contributed by atoms with Crippen LogP contribution < -0.4 is 5.32 Å². The van der Waals surface area contributed by atoms with Crippen LogP contribution in [0.1, 0.15) is 23.2 Å². The van der Waals surface area contributed by atoms with Crippen LogP contribution in [0.5, 0.6) is 0 Å². The van der Waals surface area contributed by atoms with E-state index in [9.17, 15) is 22.7 Å². The average Bonchev–Trinajstić information content (AvgIpc) is 3.19.